The van der Waals surface area contributed by atoms with Gasteiger partial charge in [-0.15, -0.1) is 0 Å². The van der Waals surface area contributed by atoms with Crippen LogP contribution in [0.2, 0.25) is 0 Å². The molecule has 0 amide bonds. The number of methoxy groups -OCH3 is 1. The van der Waals surface area contributed by atoms with E-state index in [-0.39, 0.29) is 12.3 Å². The number of nitriles is 2. The van der Waals surface area contributed by atoms with Crippen LogP contribution in [0.4, 0.5) is 0 Å². The molecule has 3 nitrogen and oxygen atoms in total. The van der Waals surface area contributed by atoms with Gasteiger partial charge in [-0.05, 0) is 17.7 Å². The van der Waals surface area contributed by atoms with Gasteiger partial charge in [0.1, 0.15) is 5.75 Å². The van der Waals surface area contributed by atoms with Crippen LogP contribution >= 0.6 is 0 Å². The van der Waals surface area contributed by atoms with E-state index in [2.05, 4.69) is 6.07 Å². The average molecular weight is 186 g/mol. The number of hydrogen-bond donors (Lipinski definition) is 0. The zero-order valence-electron chi connectivity index (χ0n) is 7.90. The first-order chi connectivity index (χ1) is 6.81. The molecule has 0 aliphatic rings. The van der Waals surface area contributed by atoms with Gasteiger partial charge in [0, 0.05) is 0 Å². The number of rotatable bonds is 3. The molecule has 0 radical (unpaired) electrons. The number of hydrogen-bond acceptors (Lipinski definition) is 3. The standard InChI is InChI=1S/C11H10N2O/c1-14-11-4-2-3-9(7-11)10(8-13)5-6-12/h2-4,7,10H,5H2,1H3. The molecular formula is C11H10N2O. The molecule has 0 fully saturated rings. The lowest BCUT2D eigenvalue weighted by atomic mass is 9.98. The second-order valence-electron chi connectivity index (χ2n) is 2.82. The van der Waals surface area contributed by atoms with Crippen LogP contribution in [0, 0.1) is 22.7 Å². The quantitative estimate of drug-likeness (QED) is 0.727. The van der Waals surface area contributed by atoms with E-state index >= 15 is 0 Å². The highest BCUT2D eigenvalue weighted by molar-refractivity contribution is 5.33. The van der Waals surface area contributed by atoms with Crippen molar-refractivity contribution in [3.05, 3.63) is 29.8 Å². The molecule has 1 aromatic carbocycles. The summed E-state index contributed by atoms with van der Waals surface area (Å²) in [6.45, 7) is 0. The lowest BCUT2D eigenvalue weighted by molar-refractivity contribution is 0.414. The van der Waals surface area contributed by atoms with Gasteiger partial charge in [0.2, 0.25) is 0 Å². The third kappa shape index (κ3) is 2.24. The molecule has 70 valence electrons. The molecule has 0 aliphatic carbocycles. The fraction of sp³-hybridized carbons (Fsp3) is 0.273. The van der Waals surface area contributed by atoms with Crippen molar-refractivity contribution in [2.45, 2.75) is 12.3 Å². The highest BCUT2D eigenvalue weighted by atomic mass is 16.5. The predicted octanol–water partition coefficient (Wildman–Crippen LogP) is 2.22. The van der Waals surface area contributed by atoms with Gasteiger partial charge in [-0.1, -0.05) is 12.1 Å². The van der Waals surface area contributed by atoms with Crippen molar-refractivity contribution in [3.8, 4) is 17.9 Å². The fourth-order valence-electron chi connectivity index (χ4n) is 1.19. The number of benzene rings is 1. The molecular weight excluding hydrogens is 176 g/mol. The van der Waals surface area contributed by atoms with Crippen molar-refractivity contribution in [1.82, 2.24) is 0 Å². The van der Waals surface area contributed by atoms with Crippen molar-refractivity contribution in [2.75, 3.05) is 7.11 Å². The predicted molar refractivity (Wildman–Crippen MR) is 51.6 cm³/mol. The largest absolute Gasteiger partial charge is 0.497 e. The highest BCUT2D eigenvalue weighted by Gasteiger charge is 2.10. The van der Waals surface area contributed by atoms with Gasteiger partial charge in [0.15, 0.2) is 0 Å². The maximum atomic E-state index is 8.83. The molecule has 0 aliphatic heterocycles. The van der Waals surface area contributed by atoms with Crippen LogP contribution in [0.1, 0.15) is 17.9 Å². The summed E-state index contributed by atoms with van der Waals surface area (Å²) >= 11 is 0. The monoisotopic (exact) mass is 186 g/mol. The van der Waals surface area contributed by atoms with Gasteiger partial charge < -0.3 is 4.74 Å². The van der Waals surface area contributed by atoms with Crippen LogP contribution < -0.4 is 4.74 Å². The number of ether oxygens (including phenoxy) is 1. The second-order valence-corrected chi connectivity index (χ2v) is 2.82. The molecule has 0 bridgehead atoms. The van der Waals surface area contributed by atoms with Crippen LogP contribution in [0.3, 0.4) is 0 Å². The maximum Gasteiger partial charge on any atom is 0.119 e. The zero-order valence-corrected chi connectivity index (χ0v) is 7.90. The van der Waals surface area contributed by atoms with Gasteiger partial charge in [-0.25, -0.2) is 0 Å². The second kappa shape index (κ2) is 4.89. The Kier molecular flexibility index (Phi) is 3.52. The smallest absolute Gasteiger partial charge is 0.119 e. The Morgan fingerprint density at radius 1 is 1.43 bits per heavy atom. The van der Waals surface area contributed by atoms with E-state index in [0.717, 1.165) is 5.56 Å². The zero-order chi connectivity index (χ0) is 10.4. The van der Waals surface area contributed by atoms with E-state index in [0.29, 0.717) is 5.75 Å². The van der Waals surface area contributed by atoms with Crippen molar-refractivity contribution >= 4 is 0 Å². The minimum absolute atomic E-state index is 0.212. The molecule has 0 aromatic heterocycles. The fourth-order valence-corrected chi connectivity index (χ4v) is 1.19. The Labute approximate surface area is 83.2 Å². The van der Waals surface area contributed by atoms with Gasteiger partial charge >= 0.3 is 0 Å². The molecule has 0 saturated heterocycles. The van der Waals surface area contributed by atoms with E-state index in [1.807, 2.05) is 24.3 Å². The molecule has 1 rings (SSSR count). The van der Waals surface area contributed by atoms with Crippen molar-refractivity contribution < 1.29 is 4.74 Å². The topological polar surface area (TPSA) is 56.8 Å². The molecule has 3 heteroatoms. The van der Waals surface area contributed by atoms with E-state index < -0.39 is 0 Å². The van der Waals surface area contributed by atoms with E-state index in [1.54, 1.807) is 13.2 Å². The highest BCUT2D eigenvalue weighted by Crippen LogP contribution is 2.22. The summed E-state index contributed by atoms with van der Waals surface area (Å²) in [6.07, 6.45) is 0.212. The molecule has 0 heterocycles. The minimum Gasteiger partial charge on any atom is -0.497 e. The Morgan fingerprint density at radius 3 is 2.79 bits per heavy atom. The van der Waals surface area contributed by atoms with Gasteiger partial charge in [0.25, 0.3) is 0 Å². The molecule has 14 heavy (non-hydrogen) atoms. The first-order valence-corrected chi connectivity index (χ1v) is 4.22. The Morgan fingerprint density at radius 2 is 2.21 bits per heavy atom. The van der Waals surface area contributed by atoms with E-state index in [9.17, 15) is 0 Å². The van der Waals surface area contributed by atoms with Gasteiger partial charge in [-0.3, -0.25) is 0 Å². The van der Waals surface area contributed by atoms with Crippen molar-refractivity contribution in [1.29, 1.82) is 10.5 Å². The third-order valence-electron chi connectivity index (χ3n) is 1.95. The molecule has 0 saturated carbocycles. The maximum absolute atomic E-state index is 8.83. The van der Waals surface area contributed by atoms with Gasteiger partial charge in [-0.2, -0.15) is 10.5 Å². The van der Waals surface area contributed by atoms with Crippen LogP contribution in [0.5, 0.6) is 5.75 Å². The summed E-state index contributed by atoms with van der Waals surface area (Å²) in [5.41, 5.74) is 0.827. The summed E-state index contributed by atoms with van der Waals surface area (Å²) in [7, 11) is 1.57. The third-order valence-corrected chi connectivity index (χ3v) is 1.95. The van der Waals surface area contributed by atoms with Crippen LogP contribution in [0.15, 0.2) is 24.3 Å². The lowest BCUT2D eigenvalue weighted by Gasteiger charge is -2.06. The summed E-state index contributed by atoms with van der Waals surface area (Å²) in [4.78, 5) is 0. The molecule has 1 unspecified atom stereocenters. The van der Waals surface area contributed by atoms with Crippen molar-refractivity contribution in [3.63, 3.8) is 0 Å². The van der Waals surface area contributed by atoms with Gasteiger partial charge in [0.05, 0.1) is 31.6 Å². The van der Waals surface area contributed by atoms with E-state index in [1.165, 1.54) is 0 Å². The summed E-state index contributed by atoms with van der Waals surface area (Å²) in [5, 5.41) is 17.4. The summed E-state index contributed by atoms with van der Waals surface area (Å²) in [6, 6.07) is 11.3. The van der Waals surface area contributed by atoms with Crippen LogP contribution in [-0.4, -0.2) is 7.11 Å². The first-order valence-electron chi connectivity index (χ1n) is 4.22. The Hall–Kier alpha value is -2.00. The SMILES string of the molecule is COc1cccc(C(C#N)CC#N)c1. The Balaban J connectivity index is 2.95. The van der Waals surface area contributed by atoms with Crippen molar-refractivity contribution in [2.24, 2.45) is 0 Å². The summed E-state index contributed by atoms with van der Waals surface area (Å²) in [5.74, 6) is 0.343. The number of nitrogens with zero attached hydrogens (tertiary/aromatic N) is 2. The molecule has 1 atom stereocenters. The van der Waals surface area contributed by atoms with E-state index in [4.69, 9.17) is 15.3 Å². The van der Waals surface area contributed by atoms with Crippen LogP contribution in [0.25, 0.3) is 0 Å². The molecule has 0 N–H and O–H groups in total. The molecule has 0 spiro atoms. The normalized spacial score (nSPS) is 11.1. The lowest BCUT2D eigenvalue weighted by Crippen LogP contribution is -1.94. The Bertz CT molecular complexity index is 387. The van der Waals surface area contributed by atoms with Crippen LogP contribution in [-0.2, 0) is 0 Å². The molecule has 1 aromatic rings. The minimum atomic E-state index is -0.366. The first kappa shape index (κ1) is 10.1. The average Bonchev–Trinajstić information content (AvgIpc) is 2.26. The summed E-state index contributed by atoms with van der Waals surface area (Å²) < 4.78 is 5.04.